The van der Waals surface area contributed by atoms with Gasteiger partial charge in [-0.1, -0.05) is 12.1 Å². The van der Waals surface area contributed by atoms with Crippen LogP contribution in [-0.4, -0.2) is 12.0 Å². The predicted molar refractivity (Wildman–Crippen MR) is 66.2 cm³/mol. The Hall–Kier alpha value is -2.10. The highest BCUT2D eigenvalue weighted by Crippen LogP contribution is 2.40. The number of halogens is 1. The zero-order valence-corrected chi connectivity index (χ0v) is 9.24. The van der Waals surface area contributed by atoms with E-state index >= 15 is 0 Å². The normalized spacial score (nSPS) is 17.9. The Morgan fingerprint density at radius 3 is 3.18 bits per heavy atom. The summed E-state index contributed by atoms with van der Waals surface area (Å²) in [5, 5.41) is 0. The number of fused-ring (bicyclic) bond motifs is 3. The fourth-order valence-corrected chi connectivity index (χ4v) is 2.10. The number of pyridine rings is 1. The molecule has 1 aliphatic heterocycles. The van der Waals surface area contributed by atoms with Crippen LogP contribution < -0.4 is 10.6 Å². The Morgan fingerprint density at radius 2 is 2.35 bits per heavy atom. The van der Waals surface area contributed by atoms with Gasteiger partial charge in [-0.2, -0.15) is 0 Å². The molecule has 4 heteroatoms. The highest BCUT2D eigenvalue weighted by Gasteiger charge is 2.22. The molecular formula is C13H12FN3. The third kappa shape index (κ3) is 1.45. The zero-order valence-electron chi connectivity index (χ0n) is 11.2. The third-order valence-electron chi connectivity index (χ3n) is 2.80. The maximum Gasteiger partial charge on any atom is 0.141 e. The largest absolute Gasteiger partial charge is 0.397 e. The molecule has 0 fully saturated rings. The molecule has 0 unspecified atom stereocenters. The van der Waals surface area contributed by atoms with Crippen molar-refractivity contribution >= 4 is 11.4 Å². The van der Waals surface area contributed by atoms with Crippen molar-refractivity contribution in [3.8, 4) is 11.3 Å². The Labute approximate surface area is 102 Å². The molecule has 0 saturated heterocycles. The van der Waals surface area contributed by atoms with Crippen LogP contribution in [0.2, 0.25) is 0 Å². The van der Waals surface area contributed by atoms with Crippen molar-refractivity contribution in [1.82, 2.24) is 4.98 Å². The summed E-state index contributed by atoms with van der Waals surface area (Å²) in [6.45, 7) is -1.85. The number of hydrogen-bond donors (Lipinski definition) is 1. The first-order valence-electron chi connectivity index (χ1n) is 6.21. The van der Waals surface area contributed by atoms with Gasteiger partial charge in [-0.3, -0.25) is 4.98 Å². The van der Waals surface area contributed by atoms with Gasteiger partial charge in [-0.05, 0) is 12.1 Å². The van der Waals surface area contributed by atoms with E-state index in [-0.39, 0.29) is 5.56 Å². The van der Waals surface area contributed by atoms with Crippen molar-refractivity contribution in [2.75, 3.05) is 17.7 Å². The Morgan fingerprint density at radius 1 is 1.53 bits per heavy atom. The minimum Gasteiger partial charge on any atom is -0.397 e. The molecule has 86 valence electrons. The number of para-hydroxylation sites is 1. The van der Waals surface area contributed by atoms with Gasteiger partial charge < -0.3 is 10.6 Å². The van der Waals surface area contributed by atoms with E-state index < -0.39 is 12.3 Å². The summed E-state index contributed by atoms with van der Waals surface area (Å²) in [7, 11) is 1.60. The van der Waals surface area contributed by atoms with Crippen molar-refractivity contribution in [2.45, 2.75) is 6.50 Å². The molecule has 0 atom stereocenters. The van der Waals surface area contributed by atoms with Gasteiger partial charge in [-0.25, -0.2) is 4.39 Å². The molecule has 1 aromatic heterocycles. The van der Waals surface area contributed by atoms with Crippen LogP contribution in [0.15, 0.2) is 30.5 Å². The smallest absolute Gasteiger partial charge is 0.141 e. The first-order valence-corrected chi connectivity index (χ1v) is 5.21. The number of aromatic nitrogens is 1. The summed E-state index contributed by atoms with van der Waals surface area (Å²) in [6.07, 6.45) is 1.09. The number of anilines is 2. The van der Waals surface area contributed by atoms with Gasteiger partial charge >= 0.3 is 0 Å². The molecule has 1 aliphatic rings. The van der Waals surface area contributed by atoms with E-state index in [1.807, 2.05) is 0 Å². The van der Waals surface area contributed by atoms with Crippen LogP contribution in [0.25, 0.3) is 11.3 Å². The molecule has 2 N–H and O–H groups in total. The number of hydrogen-bond acceptors (Lipinski definition) is 3. The highest BCUT2D eigenvalue weighted by atomic mass is 19.1. The summed E-state index contributed by atoms with van der Waals surface area (Å²) in [5.74, 6) is -0.552. The Bertz CT molecular complexity index is 673. The number of nitrogen functional groups attached to an aromatic ring is 1. The minimum atomic E-state index is -1.85. The zero-order chi connectivity index (χ0) is 13.8. The van der Waals surface area contributed by atoms with Crippen LogP contribution in [0.5, 0.6) is 0 Å². The van der Waals surface area contributed by atoms with Gasteiger partial charge in [0.05, 0.1) is 26.0 Å². The summed E-state index contributed by atoms with van der Waals surface area (Å²) >= 11 is 0. The maximum absolute atomic E-state index is 13.3. The molecule has 0 bridgehead atoms. The lowest BCUT2D eigenvalue weighted by molar-refractivity contribution is 0.618. The lowest BCUT2D eigenvalue weighted by Crippen LogP contribution is -2.23. The fraction of sp³-hybridized carbons (Fsp3) is 0.154. The SMILES string of the molecule is [2H]C1([2H])c2cc(F)cnc2-c2cccc(N)c2N1C. The van der Waals surface area contributed by atoms with E-state index in [9.17, 15) is 4.39 Å². The molecule has 0 amide bonds. The standard InChI is InChI=1S/C13H12FN3/c1-17-7-8-5-9(14)6-16-12(8)10-3-2-4-11(15)13(10)17/h2-6H,7,15H2,1H3/i7D2. The van der Waals surface area contributed by atoms with Crippen LogP contribution in [-0.2, 0) is 6.50 Å². The number of benzene rings is 1. The molecule has 17 heavy (non-hydrogen) atoms. The van der Waals surface area contributed by atoms with Gasteiger partial charge in [0, 0.05) is 24.7 Å². The lowest BCUT2D eigenvalue weighted by atomic mass is 9.98. The average molecular weight is 231 g/mol. The second-order valence-electron chi connectivity index (χ2n) is 3.96. The monoisotopic (exact) mass is 231 g/mol. The molecule has 0 radical (unpaired) electrons. The molecule has 0 aliphatic carbocycles. The predicted octanol–water partition coefficient (Wildman–Crippen LogP) is 2.42. The quantitative estimate of drug-likeness (QED) is 0.708. The van der Waals surface area contributed by atoms with Gasteiger partial charge in [0.1, 0.15) is 5.82 Å². The minimum absolute atomic E-state index is 0.216. The van der Waals surface area contributed by atoms with E-state index in [1.165, 1.54) is 11.0 Å². The van der Waals surface area contributed by atoms with Crippen LogP contribution in [0.1, 0.15) is 8.30 Å². The second kappa shape index (κ2) is 3.45. The first kappa shape index (κ1) is 8.06. The maximum atomic E-state index is 13.3. The van der Waals surface area contributed by atoms with Gasteiger partial charge in [-0.15, -0.1) is 0 Å². The van der Waals surface area contributed by atoms with Crippen LogP contribution >= 0.6 is 0 Å². The van der Waals surface area contributed by atoms with Gasteiger partial charge in [0.15, 0.2) is 0 Å². The Kier molecular flexibility index (Phi) is 1.63. The number of rotatable bonds is 0. The average Bonchev–Trinajstić information content (AvgIpc) is 2.36. The molecule has 0 spiro atoms. The van der Waals surface area contributed by atoms with E-state index in [0.717, 1.165) is 6.20 Å². The third-order valence-corrected chi connectivity index (χ3v) is 2.80. The van der Waals surface area contributed by atoms with Crippen molar-refractivity contribution in [1.29, 1.82) is 0 Å². The number of nitrogens with two attached hydrogens (primary N) is 1. The van der Waals surface area contributed by atoms with Crippen molar-refractivity contribution in [2.24, 2.45) is 0 Å². The van der Waals surface area contributed by atoms with E-state index in [1.54, 1.807) is 25.2 Å². The number of nitrogens with zero attached hydrogens (tertiary/aromatic N) is 2. The Balaban J connectivity index is 2.40. The van der Waals surface area contributed by atoms with E-state index in [0.29, 0.717) is 22.6 Å². The lowest BCUT2D eigenvalue weighted by Gasteiger charge is -2.29. The van der Waals surface area contributed by atoms with Gasteiger partial charge in [0.25, 0.3) is 0 Å². The molecule has 0 saturated carbocycles. The summed E-state index contributed by atoms with van der Waals surface area (Å²) in [5.41, 5.74) is 8.35. The summed E-state index contributed by atoms with van der Waals surface area (Å²) in [4.78, 5) is 5.45. The van der Waals surface area contributed by atoms with Gasteiger partial charge in [0.2, 0.25) is 0 Å². The fourth-order valence-electron chi connectivity index (χ4n) is 2.10. The molecule has 2 aromatic rings. The van der Waals surface area contributed by atoms with Crippen LogP contribution in [0.4, 0.5) is 15.8 Å². The summed E-state index contributed by atoms with van der Waals surface area (Å²) in [6, 6.07) is 6.48. The molecule has 3 rings (SSSR count). The van der Waals surface area contributed by atoms with Crippen molar-refractivity contribution < 1.29 is 7.13 Å². The molecule has 1 aromatic carbocycles. The molecular weight excluding hydrogens is 217 g/mol. The van der Waals surface area contributed by atoms with Crippen molar-refractivity contribution in [3.63, 3.8) is 0 Å². The molecule has 3 nitrogen and oxygen atoms in total. The molecule has 2 heterocycles. The first-order chi connectivity index (χ1) is 8.93. The van der Waals surface area contributed by atoms with Crippen LogP contribution in [0, 0.1) is 5.82 Å². The second-order valence-corrected chi connectivity index (χ2v) is 3.96. The topological polar surface area (TPSA) is 42.1 Å². The van der Waals surface area contributed by atoms with Crippen molar-refractivity contribution in [3.05, 3.63) is 41.8 Å². The van der Waals surface area contributed by atoms with E-state index in [4.69, 9.17) is 8.48 Å². The highest BCUT2D eigenvalue weighted by molar-refractivity contribution is 5.88. The van der Waals surface area contributed by atoms with E-state index in [2.05, 4.69) is 4.98 Å². The summed E-state index contributed by atoms with van der Waals surface area (Å²) < 4.78 is 29.7. The van der Waals surface area contributed by atoms with Crippen LogP contribution in [0.3, 0.4) is 0 Å².